The molecule has 0 aliphatic carbocycles. The Bertz CT molecular complexity index is 804. The Kier molecular flexibility index (Phi) is 14.6. The van der Waals surface area contributed by atoms with Crippen molar-refractivity contribution in [2.45, 2.75) is 25.3 Å². The maximum Gasteiger partial charge on any atom is 0.161 e. The number of hydrogen-bond acceptors (Lipinski definition) is 5. The molecule has 0 amide bonds. The first-order valence-electron chi connectivity index (χ1n) is 10.6. The normalized spacial score (nSPS) is 12.5. The van der Waals surface area contributed by atoms with Crippen molar-refractivity contribution in [1.82, 2.24) is 0 Å². The fourth-order valence-electron chi connectivity index (χ4n) is 2.56. The largest absolute Gasteiger partial charge is 0.508 e. The van der Waals surface area contributed by atoms with E-state index in [2.05, 4.69) is 6.58 Å². The molecule has 0 atom stereocenters. The molecule has 0 radical (unpaired) electrons. The second-order valence-corrected chi connectivity index (χ2v) is 8.37. The SMILES string of the molecule is C1CC[SiH2]OC1.C=CCc1ccc(O)c(OC)c1.Oc1ccccc1.Oc1ccccc1. The fraction of sp³-hybridized carbons (Fsp3) is 0.231. The summed E-state index contributed by atoms with van der Waals surface area (Å²) in [5, 5.41) is 26.5. The number of allylic oxidation sites excluding steroid dienone is 1. The van der Waals surface area contributed by atoms with Gasteiger partial charge in [0.15, 0.2) is 21.3 Å². The third-order valence-corrected chi connectivity index (χ3v) is 5.58. The summed E-state index contributed by atoms with van der Waals surface area (Å²) in [5.74, 6) is 1.32. The van der Waals surface area contributed by atoms with E-state index in [4.69, 9.17) is 19.4 Å². The standard InChI is InChI=1S/C10H12O2.2C6H6O.C4H10OSi/c1-3-4-8-5-6-9(11)10(7-8)12-2;2*7-6-4-2-1-3-5-6;1-2-4-6-5-3-1/h3,5-7,11H,1,4H2,2H3;2*1-5,7H;1-4,6H2. The molecular weight excluding hydrogens is 420 g/mol. The van der Waals surface area contributed by atoms with Gasteiger partial charge in [0.25, 0.3) is 0 Å². The van der Waals surface area contributed by atoms with Crippen LogP contribution in [0, 0.1) is 0 Å². The quantitative estimate of drug-likeness (QED) is 0.374. The number of phenolic OH excluding ortho intramolecular Hbond substituents is 3. The second-order valence-electron chi connectivity index (χ2n) is 6.84. The van der Waals surface area contributed by atoms with Gasteiger partial charge < -0.3 is 24.5 Å². The van der Waals surface area contributed by atoms with Crippen molar-refractivity contribution in [2.24, 2.45) is 0 Å². The molecule has 3 N–H and O–H groups in total. The predicted molar refractivity (Wildman–Crippen MR) is 133 cm³/mol. The van der Waals surface area contributed by atoms with Crippen molar-refractivity contribution in [2.75, 3.05) is 13.7 Å². The van der Waals surface area contributed by atoms with Gasteiger partial charge in [-0.3, -0.25) is 0 Å². The number of benzene rings is 3. The van der Waals surface area contributed by atoms with Crippen LogP contribution in [0.3, 0.4) is 0 Å². The van der Waals surface area contributed by atoms with Gasteiger partial charge in [-0.05, 0) is 60.8 Å². The minimum atomic E-state index is 0.00849. The van der Waals surface area contributed by atoms with Crippen LogP contribution in [0.5, 0.6) is 23.0 Å². The first kappa shape index (κ1) is 26.8. The number of methoxy groups -OCH3 is 1. The van der Waals surface area contributed by atoms with Gasteiger partial charge in [-0.15, -0.1) is 6.58 Å². The maximum atomic E-state index is 9.25. The van der Waals surface area contributed by atoms with Gasteiger partial charge in [0, 0.05) is 6.61 Å². The van der Waals surface area contributed by atoms with Crippen molar-refractivity contribution < 1.29 is 24.5 Å². The molecule has 1 aliphatic rings. The number of ether oxygens (including phenoxy) is 1. The van der Waals surface area contributed by atoms with E-state index in [-0.39, 0.29) is 15.5 Å². The van der Waals surface area contributed by atoms with E-state index in [1.165, 1.54) is 26.0 Å². The molecule has 0 saturated carbocycles. The summed E-state index contributed by atoms with van der Waals surface area (Å²) in [6.07, 6.45) is 5.35. The monoisotopic (exact) mass is 454 g/mol. The Morgan fingerprint density at radius 3 is 1.81 bits per heavy atom. The van der Waals surface area contributed by atoms with Crippen LogP contribution in [0.25, 0.3) is 0 Å². The van der Waals surface area contributed by atoms with E-state index in [1.54, 1.807) is 60.7 Å². The molecule has 32 heavy (non-hydrogen) atoms. The molecular formula is C26H34O5Si. The van der Waals surface area contributed by atoms with Crippen LogP contribution in [-0.4, -0.2) is 38.8 Å². The first-order valence-corrected chi connectivity index (χ1v) is 12.2. The first-order chi connectivity index (χ1) is 15.6. The zero-order valence-corrected chi connectivity index (χ0v) is 20.1. The van der Waals surface area contributed by atoms with E-state index < -0.39 is 0 Å². The van der Waals surface area contributed by atoms with Crippen LogP contribution in [0.2, 0.25) is 6.04 Å². The van der Waals surface area contributed by atoms with Gasteiger partial charge in [0.1, 0.15) is 11.5 Å². The summed E-state index contributed by atoms with van der Waals surface area (Å²) in [6, 6.07) is 24.1. The van der Waals surface area contributed by atoms with Gasteiger partial charge in [-0.2, -0.15) is 0 Å². The molecule has 0 aromatic heterocycles. The molecule has 3 aromatic carbocycles. The molecule has 1 fully saturated rings. The van der Waals surface area contributed by atoms with Crippen LogP contribution in [0.15, 0.2) is 91.5 Å². The second kappa shape index (κ2) is 17.5. The van der Waals surface area contributed by atoms with Gasteiger partial charge in [0.2, 0.25) is 0 Å². The summed E-state index contributed by atoms with van der Waals surface area (Å²) in [6.45, 7) is 4.69. The summed E-state index contributed by atoms with van der Waals surface area (Å²) >= 11 is 0. The fourth-order valence-corrected chi connectivity index (χ4v) is 3.73. The molecule has 1 aliphatic heterocycles. The van der Waals surface area contributed by atoms with E-state index in [9.17, 15) is 5.11 Å². The molecule has 1 heterocycles. The lowest BCUT2D eigenvalue weighted by Gasteiger charge is -2.07. The zero-order chi connectivity index (χ0) is 23.4. The van der Waals surface area contributed by atoms with Gasteiger partial charge >= 0.3 is 0 Å². The highest BCUT2D eigenvalue weighted by atomic mass is 28.2. The highest BCUT2D eigenvalue weighted by Crippen LogP contribution is 2.26. The average molecular weight is 455 g/mol. The molecule has 1 saturated heterocycles. The number of aromatic hydroxyl groups is 3. The van der Waals surface area contributed by atoms with Crippen LogP contribution in [0.4, 0.5) is 0 Å². The van der Waals surface area contributed by atoms with Crippen LogP contribution in [-0.2, 0) is 10.8 Å². The van der Waals surface area contributed by atoms with Crippen LogP contribution in [0.1, 0.15) is 18.4 Å². The Hall–Kier alpha value is -3.22. The van der Waals surface area contributed by atoms with Crippen LogP contribution < -0.4 is 4.74 Å². The molecule has 3 aromatic rings. The maximum absolute atomic E-state index is 9.25. The Balaban J connectivity index is 0.000000223. The number of hydrogen-bond donors (Lipinski definition) is 3. The third-order valence-electron chi connectivity index (χ3n) is 4.21. The summed E-state index contributed by atoms with van der Waals surface area (Å²) in [5.41, 5.74) is 1.08. The molecule has 172 valence electrons. The lowest BCUT2D eigenvalue weighted by atomic mass is 10.1. The van der Waals surface area contributed by atoms with Crippen molar-refractivity contribution in [3.8, 4) is 23.0 Å². The minimum absolute atomic E-state index is 0.00849. The predicted octanol–water partition coefficient (Wildman–Crippen LogP) is 5.21. The zero-order valence-electron chi connectivity index (χ0n) is 18.7. The van der Waals surface area contributed by atoms with Crippen LogP contribution >= 0.6 is 0 Å². The lowest BCUT2D eigenvalue weighted by molar-refractivity contribution is 0.304. The lowest BCUT2D eigenvalue weighted by Crippen LogP contribution is -2.06. The molecule has 0 unspecified atom stereocenters. The van der Waals surface area contributed by atoms with E-state index in [1.807, 2.05) is 24.3 Å². The van der Waals surface area contributed by atoms with Gasteiger partial charge in [-0.25, -0.2) is 0 Å². The highest BCUT2D eigenvalue weighted by Gasteiger charge is 2.00. The Morgan fingerprint density at radius 1 is 0.906 bits per heavy atom. The Labute approximate surface area is 193 Å². The molecule has 0 spiro atoms. The highest BCUT2D eigenvalue weighted by molar-refractivity contribution is 6.27. The van der Waals surface area contributed by atoms with Crippen molar-refractivity contribution in [3.63, 3.8) is 0 Å². The summed E-state index contributed by atoms with van der Waals surface area (Å²) < 4.78 is 10.2. The van der Waals surface area contributed by atoms with Gasteiger partial charge in [-0.1, -0.05) is 55.0 Å². The topological polar surface area (TPSA) is 79.2 Å². The molecule has 0 bridgehead atoms. The van der Waals surface area contributed by atoms with Crippen molar-refractivity contribution >= 4 is 9.76 Å². The van der Waals surface area contributed by atoms with Gasteiger partial charge in [0.05, 0.1) is 7.11 Å². The number of phenols is 3. The molecule has 4 rings (SSSR count). The minimum Gasteiger partial charge on any atom is -0.508 e. The number of rotatable bonds is 3. The summed E-state index contributed by atoms with van der Waals surface area (Å²) in [4.78, 5) is 0. The smallest absolute Gasteiger partial charge is 0.161 e. The van der Waals surface area contributed by atoms with E-state index >= 15 is 0 Å². The number of para-hydroxylation sites is 2. The average Bonchev–Trinajstić information content (AvgIpc) is 2.84. The third kappa shape index (κ3) is 13.2. The van der Waals surface area contributed by atoms with Crippen molar-refractivity contribution in [3.05, 3.63) is 97.1 Å². The summed E-state index contributed by atoms with van der Waals surface area (Å²) in [7, 11) is 1.54. The molecule has 5 nitrogen and oxygen atoms in total. The van der Waals surface area contributed by atoms with E-state index in [0.29, 0.717) is 17.2 Å². The molecule has 6 heteroatoms. The Morgan fingerprint density at radius 2 is 1.50 bits per heavy atom. The van der Waals surface area contributed by atoms with E-state index in [0.717, 1.165) is 18.6 Å². The van der Waals surface area contributed by atoms with Crippen molar-refractivity contribution in [1.29, 1.82) is 0 Å².